The van der Waals surface area contributed by atoms with Crippen LogP contribution in [-0.2, 0) is 4.74 Å². The van der Waals surface area contributed by atoms with Crippen LogP contribution in [-0.4, -0.2) is 50.3 Å². The van der Waals surface area contributed by atoms with Gasteiger partial charge in [0.25, 0.3) is 0 Å². The molecule has 1 N–H and O–H groups in total. The second kappa shape index (κ2) is 3.73. The maximum atomic E-state index is 5.92. The van der Waals surface area contributed by atoms with Crippen LogP contribution in [0.3, 0.4) is 0 Å². The molecule has 0 radical (unpaired) electrons. The van der Waals surface area contributed by atoms with E-state index in [2.05, 4.69) is 17.3 Å². The van der Waals surface area contributed by atoms with E-state index < -0.39 is 0 Å². The van der Waals surface area contributed by atoms with Crippen LogP contribution in [0.4, 0.5) is 0 Å². The summed E-state index contributed by atoms with van der Waals surface area (Å²) in [5, 5.41) is 3.34. The summed E-state index contributed by atoms with van der Waals surface area (Å²) in [5.74, 6) is 0. The number of likely N-dealkylation sites (N-methyl/N-ethyl adjacent to an activating group) is 1. The third-order valence-corrected chi connectivity index (χ3v) is 2.70. The fourth-order valence-corrected chi connectivity index (χ4v) is 1.93. The number of nitrogens with zero attached hydrogens (tertiary/aromatic N) is 1. The fraction of sp³-hybridized carbons (Fsp3) is 1.00. The monoisotopic (exact) mass is 170 g/mol. The second-order valence-corrected chi connectivity index (χ2v) is 3.93. The Hall–Kier alpha value is -0.120. The molecule has 0 atom stereocenters. The molecule has 12 heavy (non-hydrogen) atoms. The molecule has 2 fully saturated rings. The Morgan fingerprint density at radius 3 is 2.42 bits per heavy atom. The van der Waals surface area contributed by atoms with Gasteiger partial charge in [-0.3, -0.25) is 0 Å². The van der Waals surface area contributed by atoms with Crippen LogP contribution in [0.25, 0.3) is 0 Å². The van der Waals surface area contributed by atoms with Gasteiger partial charge >= 0.3 is 0 Å². The van der Waals surface area contributed by atoms with Crippen molar-refractivity contribution >= 4 is 0 Å². The molecule has 0 bridgehead atoms. The first-order valence-electron chi connectivity index (χ1n) is 4.89. The third kappa shape index (κ3) is 1.97. The average Bonchev–Trinajstić information content (AvgIpc) is 2.04. The van der Waals surface area contributed by atoms with Crippen molar-refractivity contribution in [3.8, 4) is 0 Å². The lowest BCUT2D eigenvalue weighted by molar-refractivity contribution is -0.0916. The number of likely N-dealkylation sites (tertiary alicyclic amines) is 1. The molecule has 0 unspecified atom stereocenters. The summed E-state index contributed by atoms with van der Waals surface area (Å²) in [6.45, 7) is 4.52. The zero-order chi connectivity index (χ0) is 8.39. The summed E-state index contributed by atoms with van der Waals surface area (Å²) in [6.07, 6.45) is 3.45. The predicted molar refractivity (Wildman–Crippen MR) is 48.3 cm³/mol. The van der Waals surface area contributed by atoms with Gasteiger partial charge in [-0.2, -0.15) is 0 Å². The molecule has 0 aromatic carbocycles. The lowest BCUT2D eigenvalue weighted by Crippen LogP contribution is -2.51. The quantitative estimate of drug-likeness (QED) is 0.634. The molecule has 2 aliphatic rings. The number of piperidine rings is 1. The molecule has 3 heteroatoms. The van der Waals surface area contributed by atoms with Crippen molar-refractivity contribution in [1.29, 1.82) is 0 Å². The number of hydrogen-bond donors (Lipinski definition) is 1. The highest BCUT2D eigenvalue weighted by molar-refractivity contribution is 4.80. The van der Waals surface area contributed by atoms with Gasteiger partial charge in [0.2, 0.25) is 0 Å². The largest absolute Gasteiger partial charge is 0.372 e. The fourth-order valence-electron chi connectivity index (χ4n) is 1.93. The molecule has 70 valence electrons. The number of nitrogens with one attached hydrogen (secondary N) is 1. The molecule has 3 nitrogen and oxygen atoms in total. The van der Waals surface area contributed by atoms with E-state index in [0.717, 1.165) is 26.2 Å². The highest BCUT2D eigenvalue weighted by Crippen LogP contribution is 2.15. The van der Waals surface area contributed by atoms with E-state index in [1.165, 1.54) is 12.8 Å². The van der Waals surface area contributed by atoms with Crippen LogP contribution in [0.5, 0.6) is 0 Å². The first-order valence-corrected chi connectivity index (χ1v) is 4.89. The minimum Gasteiger partial charge on any atom is -0.372 e. The highest BCUT2D eigenvalue weighted by Gasteiger charge is 2.27. The van der Waals surface area contributed by atoms with E-state index >= 15 is 0 Å². The van der Waals surface area contributed by atoms with Gasteiger partial charge in [-0.1, -0.05) is 0 Å². The van der Waals surface area contributed by atoms with Crippen molar-refractivity contribution in [2.75, 3.05) is 33.2 Å². The summed E-state index contributed by atoms with van der Waals surface area (Å²) in [7, 11) is 2.14. The zero-order valence-corrected chi connectivity index (χ0v) is 7.75. The Kier molecular flexibility index (Phi) is 2.63. The number of hydrogen-bond acceptors (Lipinski definition) is 3. The molecular formula is C9H18N2O. The van der Waals surface area contributed by atoms with E-state index in [0.29, 0.717) is 12.2 Å². The van der Waals surface area contributed by atoms with E-state index in [4.69, 9.17) is 4.74 Å². The molecule has 0 aliphatic carbocycles. The Labute approximate surface area is 74.1 Å². The molecule has 2 aliphatic heterocycles. The molecule has 0 aromatic rings. The van der Waals surface area contributed by atoms with Gasteiger partial charge in [-0.25, -0.2) is 0 Å². The topological polar surface area (TPSA) is 24.5 Å². The van der Waals surface area contributed by atoms with Crippen molar-refractivity contribution in [2.24, 2.45) is 0 Å². The van der Waals surface area contributed by atoms with Crippen LogP contribution in [0, 0.1) is 0 Å². The summed E-state index contributed by atoms with van der Waals surface area (Å²) in [6, 6.07) is 0. The Bertz CT molecular complexity index is 139. The molecule has 0 amide bonds. The van der Waals surface area contributed by atoms with Crippen LogP contribution in [0.2, 0.25) is 0 Å². The van der Waals surface area contributed by atoms with Crippen molar-refractivity contribution in [2.45, 2.75) is 25.0 Å². The first-order chi connectivity index (χ1) is 5.84. The smallest absolute Gasteiger partial charge is 0.0832 e. The molecule has 2 saturated heterocycles. The minimum atomic E-state index is 0.526. The molecule has 0 saturated carbocycles. The Balaban J connectivity index is 1.65. The van der Waals surface area contributed by atoms with Crippen molar-refractivity contribution in [1.82, 2.24) is 10.2 Å². The SMILES string of the molecule is CN1CC(OC2CCNCC2)C1. The lowest BCUT2D eigenvalue weighted by Gasteiger charge is -2.39. The Morgan fingerprint density at radius 1 is 1.17 bits per heavy atom. The van der Waals surface area contributed by atoms with Gasteiger partial charge in [0.15, 0.2) is 0 Å². The van der Waals surface area contributed by atoms with E-state index in [1.54, 1.807) is 0 Å². The first kappa shape index (κ1) is 8.48. The van der Waals surface area contributed by atoms with Crippen LogP contribution in [0.15, 0.2) is 0 Å². The zero-order valence-electron chi connectivity index (χ0n) is 7.75. The van der Waals surface area contributed by atoms with Crippen LogP contribution in [0.1, 0.15) is 12.8 Å². The summed E-state index contributed by atoms with van der Waals surface area (Å²) < 4.78 is 5.92. The normalized spacial score (nSPS) is 28.8. The van der Waals surface area contributed by atoms with Crippen LogP contribution >= 0.6 is 0 Å². The predicted octanol–water partition coefficient (Wildman–Crippen LogP) is 0.0690. The maximum Gasteiger partial charge on any atom is 0.0832 e. The van der Waals surface area contributed by atoms with Gasteiger partial charge < -0.3 is 15.0 Å². The molecule has 2 rings (SSSR count). The van der Waals surface area contributed by atoms with Gasteiger partial charge in [0.1, 0.15) is 0 Å². The molecule has 0 aromatic heterocycles. The Morgan fingerprint density at radius 2 is 1.83 bits per heavy atom. The summed E-state index contributed by atoms with van der Waals surface area (Å²) in [4.78, 5) is 2.30. The second-order valence-electron chi connectivity index (χ2n) is 3.93. The minimum absolute atomic E-state index is 0.526. The summed E-state index contributed by atoms with van der Waals surface area (Å²) >= 11 is 0. The van der Waals surface area contributed by atoms with E-state index in [9.17, 15) is 0 Å². The van der Waals surface area contributed by atoms with Crippen molar-refractivity contribution < 1.29 is 4.74 Å². The van der Waals surface area contributed by atoms with Gasteiger partial charge in [0.05, 0.1) is 12.2 Å². The number of rotatable bonds is 2. The molecular weight excluding hydrogens is 152 g/mol. The van der Waals surface area contributed by atoms with Crippen molar-refractivity contribution in [3.63, 3.8) is 0 Å². The van der Waals surface area contributed by atoms with Gasteiger partial charge in [-0.05, 0) is 33.0 Å². The standard InChI is InChI=1S/C9H18N2O/c1-11-6-9(7-11)12-8-2-4-10-5-3-8/h8-10H,2-7H2,1H3. The maximum absolute atomic E-state index is 5.92. The average molecular weight is 170 g/mol. The lowest BCUT2D eigenvalue weighted by atomic mass is 10.1. The van der Waals surface area contributed by atoms with Gasteiger partial charge in [-0.15, -0.1) is 0 Å². The van der Waals surface area contributed by atoms with Crippen molar-refractivity contribution in [3.05, 3.63) is 0 Å². The third-order valence-electron chi connectivity index (χ3n) is 2.70. The van der Waals surface area contributed by atoms with Crippen LogP contribution < -0.4 is 5.32 Å². The van der Waals surface area contributed by atoms with E-state index in [1.807, 2.05) is 0 Å². The van der Waals surface area contributed by atoms with Gasteiger partial charge in [0, 0.05) is 13.1 Å². The number of ether oxygens (including phenoxy) is 1. The molecule has 0 spiro atoms. The van der Waals surface area contributed by atoms with E-state index in [-0.39, 0.29) is 0 Å². The summed E-state index contributed by atoms with van der Waals surface area (Å²) in [5.41, 5.74) is 0. The molecule has 2 heterocycles. The highest BCUT2D eigenvalue weighted by atomic mass is 16.5.